The molecule has 0 radical (unpaired) electrons. The van der Waals surface area contributed by atoms with Crippen LogP contribution < -0.4 is 5.32 Å². The summed E-state index contributed by atoms with van der Waals surface area (Å²) in [4.78, 5) is 15.8. The fourth-order valence-corrected chi connectivity index (χ4v) is 3.67. The van der Waals surface area contributed by atoms with E-state index in [2.05, 4.69) is 16.5 Å². The molecule has 0 saturated carbocycles. The highest BCUT2D eigenvalue weighted by Gasteiger charge is 2.36. The van der Waals surface area contributed by atoms with Gasteiger partial charge in [-0.1, -0.05) is 6.07 Å². The van der Waals surface area contributed by atoms with Gasteiger partial charge in [0.05, 0.1) is 18.7 Å². The Balaban J connectivity index is 0.00000176. The summed E-state index contributed by atoms with van der Waals surface area (Å²) < 4.78 is 1.80. The molecule has 5 nitrogen and oxygen atoms in total. The van der Waals surface area contributed by atoms with Crippen LogP contribution in [0.25, 0.3) is 0 Å². The van der Waals surface area contributed by atoms with E-state index in [1.807, 2.05) is 42.8 Å². The van der Waals surface area contributed by atoms with Crippen LogP contribution in [0.2, 0.25) is 0 Å². The molecule has 120 valence electrons. The van der Waals surface area contributed by atoms with Gasteiger partial charge >= 0.3 is 0 Å². The fraction of sp³-hybridized carbons (Fsp3) is 0.467. The predicted molar refractivity (Wildman–Crippen MR) is 90.3 cm³/mol. The second kappa shape index (κ2) is 7.26. The van der Waals surface area contributed by atoms with Crippen molar-refractivity contribution in [2.75, 3.05) is 20.1 Å². The van der Waals surface area contributed by atoms with E-state index < -0.39 is 0 Å². The second-order valence-corrected chi connectivity index (χ2v) is 6.62. The first-order valence-electron chi connectivity index (χ1n) is 7.12. The van der Waals surface area contributed by atoms with Crippen molar-refractivity contribution in [2.45, 2.75) is 12.5 Å². The monoisotopic (exact) mass is 340 g/mol. The largest absolute Gasteiger partial charge is 0.340 e. The van der Waals surface area contributed by atoms with Crippen LogP contribution in [0.3, 0.4) is 0 Å². The highest BCUT2D eigenvalue weighted by Crippen LogP contribution is 2.29. The Labute approximate surface area is 140 Å². The lowest BCUT2D eigenvalue weighted by atomic mass is 9.90. The van der Waals surface area contributed by atoms with E-state index in [9.17, 15) is 4.79 Å². The molecular weight excluding hydrogens is 320 g/mol. The van der Waals surface area contributed by atoms with E-state index >= 15 is 0 Å². The van der Waals surface area contributed by atoms with Gasteiger partial charge in [-0.2, -0.15) is 5.10 Å². The third kappa shape index (κ3) is 3.51. The number of hydrogen-bond acceptors (Lipinski definition) is 4. The SMILES string of the molecule is CN(Cc1cccs1)C(=O)[C@H]1CNC[C@@H]1c1cnn(C)c1.Cl. The van der Waals surface area contributed by atoms with Gasteiger partial charge in [0.2, 0.25) is 5.91 Å². The molecule has 2 aromatic rings. The Hall–Kier alpha value is -1.37. The van der Waals surface area contributed by atoms with Crippen LogP contribution in [0.4, 0.5) is 0 Å². The van der Waals surface area contributed by atoms with Crippen LogP contribution in [0.5, 0.6) is 0 Å². The first kappa shape index (κ1) is 17.0. The molecule has 3 heterocycles. The number of nitrogens with one attached hydrogen (secondary N) is 1. The maximum atomic E-state index is 12.7. The Morgan fingerprint density at radius 2 is 2.36 bits per heavy atom. The van der Waals surface area contributed by atoms with Crippen molar-refractivity contribution in [3.63, 3.8) is 0 Å². The van der Waals surface area contributed by atoms with Gasteiger partial charge in [-0.25, -0.2) is 0 Å². The topological polar surface area (TPSA) is 50.2 Å². The lowest BCUT2D eigenvalue weighted by Gasteiger charge is -2.23. The molecule has 1 saturated heterocycles. The van der Waals surface area contributed by atoms with Gasteiger partial charge in [0.1, 0.15) is 0 Å². The summed E-state index contributed by atoms with van der Waals surface area (Å²) in [5, 5.41) is 9.61. The predicted octanol–water partition coefficient (Wildman–Crippen LogP) is 1.86. The normalized spacial score (nSPS) is 20.6. The maximum Gasteiger partial charge on any atom is 0.227 e. The van der Waals surface area contributed by atoms with E-state index in [1.165, 1.54) is 4.88 Å². The number of hydrogen-bond donors (Lipinski definition) is 1. The number of nitrogens with zero attached hydrogens (tertiary/aromatic N) is 3. The summed E-state index contributed by atoms with van der Waals surface area (Å²) >= 11 is 1.69. The number of aromatic nitrogens is 2. The van der Waals surface area contributed by atoms with Crippen molar-refractivity contribution >= 4 is 29.7 Å². The summed E-state index contributed by atoms with van der Waals surface area (Å²) in [5.74, 6) is 0.429. The summed E-state index contributed by atoms with van der Waals surface area (Å²) in [6.07, 6.45) is 3.88. The highest BCUT2D eigenvalue weighted by molar-refractivity contribution is 7.09. The summed E-state index contributed by atoms with van der Waals surface area (Å²) in [6, 6.07) is 4.09. The average molecular weight is 341 g/mol. The quantitative estimate of drug-likeness (QED) is 0.924. The molecule has 1 aliphatic heterocycles. The lowest BCUT2D eigenvalue weighted by Crippen LogP contribution is -2.35. The van der Waals surface area contributed by atoms with E-state index in [4.69, 9.17) is 0 Å². The number of halogens is 1. The van der Waals surface area contributed by atoms with Gasteiger partial charge in [0.25, 0.3) is 0 Å². The molecule has 3 rings (SSSR count). The van der Waals surface area contributed by atoms with Gasteiger partial charge in [0, 0.05) is 44.2 Å². The molecule has 0 bridgehead atoms. The van der Waals surface area contributed by atoms with Crippen LogP contribution in [-0.4, -0.2) is 40.7 Å². The maximum absolute atomic E-state index is 12.7. The van der Waals surface area contributed by atoms with Gasteiger partial charge in [0.15, 0.2) is 0 Å². The fourth-order valence-electron chi connectivity index (χ4n) is 2.92. The third-order valence-electron chi connectivity index (χ3n) is 4.03. The van der Waals surface area contributed by atoms with Gasteiger partial charge in [-0.3, -0.25) is 9.48 Å². The van der Waals surface area contributed by atoms with Crippen molar-refractivity contribution in [1.82, 2.24) is 20.0 Å². The standard InChI is InChI=1S/C15H20N4OS.ClH/c1-18(10-12-4-3-5-21-12)15(20)14-8-16-7-13(14)11-6-17-19(2)9-11;/h3-6,9,13-14,16H,7-8,10H2,1-2H3;1H/t13-,14+;/m1./s1. The number of amides is 1. The Morgan fingerprint density at radius 1 is 1.55 bits per heavy atom. The number of carbonyl (C=O) groups is 1. The third-order valence-corrected chi connectivity index (χ3v) is 4.89. The molecule has 1 aliphatic rings. The van der Waals surface area contributed by atoms with E-state index in [1.54, 1.807) is 16.0 Å². The van der Waals surface area contributed by atoms with Crippen LogP contribution in [0, 0.1) is 5.92 Å². The van der Waals surface area contributed by atoms with Crippen LogP contribution >= 0.6 is 23.7 Å². The molecule has 22 heavy (non-hydrogen) atoms. The molecule has 1 fully saturated rings. The minimum atomic E-state index is -0.000776. The van der Waals surface area contributed by atoms with E-state index in [-0.39, 0.29) is 30.2 Å². The van der Waals surface area contributed by atoms with Crippen LogP contribution in [0.15, 0.2) is 29.9 Å². The summed E-state index contributed by atoms with van der Waals surface area (Å²) in [5.41, 5.74) is 1.14. The van der Waals surface area contributed by atoms with Crippen molar-refractivity contribution in [3.8, 4) is 0 Å². The molecule has 0 unspecified atom stereocenters. The first-order valence-corrected chi connectivity index (χ1v) is 7.99. The van der Waals surface area contributed by atoms with Crippen molar-refractivity contribution in [2.24, 2.45) is 13.0 Å². The molecular formula is C15H21ClN4OS. The Morgan fingerprint density at radius 3 is 3.00 bits per heavy atom. The number of carbonyl (C=O) groups excluding carboxylic acids is 1. The number of rotatable bonds is 4. The van der Waals surface area contributed by atoms with E-state index in [0.717, 1.165) is 18.7 Å². The van der Waals surface area contributed by atoms with Gasteiger partial charge in [-0.15, -0.1) is 23.7 Å². The van der Waals surface area contributed by atoms with Crippen molar-refractivity contribution in [3.05, 3.63) is 40.3 Å². The Bertz CT molecular complexity index is 613. The zero-order valence-corrected chi connectivity index (χ0v) is 14.4. The zero-order chi connectivity index (χ0) is 14.8. The summed E-state index contributed by atoms with van der Waals surface area (Å²) in [6.45, 7) is 2.27. The van der Waals surface area contributed by atoms with Crippen LogP contribution in [-0.2, 0) is 18.4 Å². The minimum absolute atomic E-state index is 0. The van der Waals surface area contributed by atoms with Gasteiger partial charge < -0.3 is 10.2 Å². The lowest BCUT2D eigenvalue weighted by molar-refractivity contribution is -0.134. The molecule has 2 atom stereocenters. The number of aryl methyl sites for hydroxylation is 1. The molecule has 0 spiro atoms. The number of thiophene rings is 1. The molecule has 0 aromatic carbocycles. The smallest absolute Gasteiger partial charge is 0.227 e. The van der Waals surface area contributed by atoms with E-state index in [0.29, 0.717) is 6.54 Å². The minimum Gasteiger partial charge on any atom is -0.340 e. The molecule has 0 aliphatic carbocycles. The van der Waals surface area contributed by atoms with Crippen molar-refractivity contribution < 1.29 is 4.79 Å². The summed E-state index contributed by atoms with van der Waals surface area (Å²) in [7, 11) is 3.80. The highest BCUT2D eigenvalue weighted by atomic mass is 35.5. The van der Waals surface area contributed by atoms with Gasteiger partial charge in [-0.05, 0) is 17.0 Å². The van der Waals surface area contributed by atoms with Crippen molar-refractivity contribution in [1.29, 1.82) is 0 Å². The molecule has 1 amide bonds. The first-order chi connectivity index (χ1) is 10.1. The van der Waals surface area contributed by atoms with Crippen LogP contribution in [0.1, 0.15) is 16.4 Å². The molecule has 1 N–H and O–H groups in total. The molecule has 7 heteroatoms. The molecule has 2 aromatic heterocycles. The zero-order valence-electron chi connectivity index (χ0n) is 12.7. The Kier molecular flexibility index (Phi) is 5.61. The second-order valence-electron chi connectivity index (χ2n) is 5.59. The average Bonchev–Trinajstić information content (AvgIpc) is 3.17.